The van der Waals surface area contributed by atoms with Crippen LogP contribution in [0.2, 0.25) is 0 Å². The molecule has 124 valence electrons. The van der Waals surface area contributed by atoms with E-state index in [4.69, 9.17) is 14.2 Å². The molecule has 0 saturated heterocycles. The van der Waals surface area contributed by atoms with Gasteiger partial charge in [0.2, 0.25) is 0 Å². The molecule has 0 amide bonds. The van der Waals surface area contributed by atoms with Gasteiger partial charge in [-0.25, -0.2) is 8.93 Å². The van der Waals surface area contributed by atoms with Gasteiger partial charge in [-0.3, -0.25) is 0 Å². The van der Waals surface area contributed by atoms with Crippen LogP contribution in [0.4, 0.5) is 0 Å². The van der Waals surface area contributed by atoms with Gasteiger partial charge in [-0.1, -0.05) is 18.2 Å². The summed E-state index contributed by atoms with van der Waals surface area (Å²) in [7, 11) is 3.36. The normalized spacial score (nSPS) is 11.8. The van der Waals surface area contributed by atoms with Gasteiger partial charge in [-0.2, -0.15) is 0 Å². The Hall–Kier alpha value is -2.05. The Morgan fingerprint density at radius 1 is 0.957 bits per heavy atom. The first-order valence-corrected chi connectivity index (χ1v) is 8.26. The van der Waals surface area contributed by atoms with Gasteiger partial charge in [-0.05, 0) is 25.1 Å². The maximum absolute atomic E-state index is 12.6. The number of hydrogen-bond acceptors (Lipinski definition) is 4. The second kappa shape index (κ2) is 7.99. The van der Waals surface area contributed by atoms with Crippen molar-refractivity contribution >= 4 is 11.0 Å². The number of para-hydroxylation sites is 1. The molecule has 0 spiro atoms. The smallest absolute Gasteiger partial charge is 0.142 e. The average Bonchev–Trinajstić information content (AvgIpc) is 2.59. The van der Waals surface area contributed by atoms with E-state index in [1.54, 1.807) is 33.5 Å². The number of hydrogen-bond donors (Lipinski definition) is 1. The van der Waals surface area contributed by atoms with Crippen LogP contribution in [0.5, 0.6) is 17.2 Å². The second-order valence-electron chi connectivity index (χ2n) is 4.83. The van der Waals surface area contributed by atoms with Crippen LogP contribution in [0.15, 0.2) is 41.3 Å². The van der Waals surface area contributed by atoms with Crippen molar-refractivity contribution in [3.05, 3.63) is 47.5 Å². The molecule has 0 aliphatic carbocycles. The molecule has 0 saturated carbocycles. The molecule has 0 radical (unpaired) electrons. The van der Waals surface area contributed by atoms with Gasteiger partial charge < -0.3 is 14.2 Å². The zero-order valence-electron chi connectivity index (χ0n) is 13.7. The van der Waals surface area contributed by atoms with Crippen LogP contribution in [0.25, 0.3) is 0 Å². The molecular formula is C17H21NO4S. The third-order valence-electron chi connectivity index (χ3n) is 3.53. The molecule has 0 aliphatic rings. The Morgan fingerprint density at radius 2 is 1.65 bits per heavy atom. The van der Waals surface area contributed by atoms with E-state index in [1.165, 1.54) is 0 Å². The maximum atomic E-state index is 12.6. The van der Waals surface area contributed by atoms with Crippen molar-refractivity contribution in [3.63, 3.8) is 0 Å². The Labute approximate surface area is 139 Å². The first-order chi connectivity index (χ1) is 11.1. The van der Waals surface area contributed by atoms with Crippen molar-refractivity contribution < 1.29 is 18.4 Å². The Balaban J connectivity index is 2.20. The molecule has 2 aromatic rings. The quantitative estimate of drug-likeness (QED) is 0.845. The number of ether oxygens (including phenoxy) is 3. The lowest BCUT2D eigenvalue weighted by molar-refractivity contribution is 0.381. The van der Waals surface area contributed by atoms with Gasteiger partial charge in [0.25, 0.3) is 0 Å². The van der Waals surface area contributed by atoms with Gasteiger partial charge >= 0.3 is 0 Å². The van der Waals surface area contributed by atoms with Crippen LogP contribution in [-0.2, 0) is 17.5 Å². The van der Waals surface area contributed by atoms with Gasteiger partial charge in [0.15, 0.2) is 0 Å². The van der Waals surface area contributed by atoms with E-state index < -0.39 is 11.0 Å². The van der Waals surface area contributed by atoms with Crippen LogP contribution < -0.4 is 18.9 Å². The molecular weight excluding hydrogens is 314 g/mol. The fraction of sp³-hybridized carbons (Fsp3) is 0.294. The molecule has 0 aromatic heterocycles. The van der Waals surface area contributed by atoms with Gasteiger partial charge in [0.1, 0.15) is 28.2 Å². The predicted molar refractivity (Wildman–Crippen MR) is 90.5 cm³/mol. The van der Waals surface area contributed by atoms with Gasteiger partial charge in [0.05, 0.1) is 26.2 Å². The summed E-state index contributed by atoms with van der Waals surface area (Å²) in [5, 5.41) is 0. The van der Waals surface area contributed by atoms with Crippen molar-refractivity contribution in [2.45, 2.75) is 18.4 Å². The van der Waals surface area contributed by atoms with E-state index in [-0.39, 0.29) is 0 Å². The van der Waals surface area contributed by atoms with E-state index in [0.29, 0.717) is 22.9 Å². The van der Waals surface area contributed by atoms with Crippen LogP contribution in [0.1, 0.15) is 11.1 Å². The van der Waals surface area contributed by atoms with E-state index in [9.17, 15) is 4.21 Å². The molecule has 0 aliphatic heterocycles. The van der Waals surface area contributed by atoms with Gasteiger partial charge in [0, 0.05) is 17.7 Å². The highest BCUT2D eigenvalue weighted by Crippen LogP contribution is 2.33. The molecule has 6 heteroatoms. The van der Waals surface area contributed by atoms with Crippen LogP contribution in [0, 0.1) is 6.92 Å². The summed E-state index contributed by atoms with van der Waals surface area (Å²) in [6.07, 6.45) is 0. The lowest BCUT2D eigenvalue weighted by Crippen LogP contribution is -2.18. The molecule has 2 rings (SSSR count). The highest BCUT2D eigenvalue weighted by molar-refractivity contribution is 7.83. The summed E-state index contributed by atoms with van der Waals surface area (Å²) >= 11 is 0. The first-order valence-electron chi connectivity index (χ1n) is 7.11. The summed E-state index contributed by atoms with van der Waals surface area (Å²) in [6, 6.07) is 11.2. The Kier molecular flexibility index (Phi) is 6.01. The highest BCUT2D eigenvalue weighted by atomic mass is 32.2. The third kappa shape index (κ3) is 3.83. The fourth-order valence-electron chi connectivity index (χ4n) is 2.34. The fourth-order valence-corrected chi connectivity index (χ4v) is 3.38. The lowest BCUT2D eigenvalue weighted by atomic mass is 10.2. The zero-order chi connectivity index (χ0) is 16.8. The van der Waals surface area contributed by atoms with E-state index in [1.807, 2.05) is 31.2 Å². The summed E-state index contributed by atoms with van der Waals surface area (Å²) in [5.74, 6) is 2.03. The van der Waals surface area contributed by atoms with Gasteiger partial charge in [-0.15, -0.1) is 0 Å². The highest BCUT2D eigenvalue weighted by Gasteiger charge is 2.16. The summed E-state index contributed by atoms with van der Waals surface area (Å²) in [5.41, 5.74) is 1.76. The minimum Gasteiger partial charge on any atom is -0.496 e. The van der Waals surface area contributed by atoms with Crippen LogP contribution in [0.3, 0.4) is 0 Å². The molecule has 2 aromatic carbocycles. The molecule has 1 N–H and O–H groups in total. The topological polar surface area (TPSA) is 56.8 Å². The third-order valence-corrected chi connectivity index (χ3v) is 4.66. The molecule has 23 heavy (non-hydrogen) atoms. The maximum Gasteiger partial charge on any atom is 0.142 e. The molecule has 0 bridgehead atoms. The monoisotopic (exact) mass is 335 g/mol. The second-order valence-corrected chi connectivity index (χ2v) is 6.09. The first kappa shape index (κ1) is 17.3. The van der Waals surface area contributed by atoms with Crippen molar-refractivity contribution in [2.75, 3.05) is 21.3 Å². The SMILES string of the molecule is COc1ccccc1CN[S@](=O)c1ccc(OC)c(C)c1OC. The largest absolute Gasteiger partial charge is 0.496 e. The van der Waals surface area contributed by atoms with Crippen LogP contribution >= 0.6 is 0 Å². The molecule has 0 heterocycles. The summed E-state index contributed by atoms with van der Waals surface area (Å²) in [6.45, 7) is 2.30. The number of nitrogens with one attached hydrogen (secondary N) is 1. The minimum atomic E-state index is -1.41. The molecule has 5 nitrogen and oxygen atoms in total. The minimum absolute atomic E-state index is 0.421. The standard InChI is InChI=1S/C17H21NO4S/c1-12-14(20-2)9-10-16(17(12)22-4)23(19)18-11-13-7-5-6-8-15(13)21-3/h5-10,18H,11H2,1-4H3/t23-/m1/s1. The lowest BCUT2D eigenvalue weighted by Gasteiger charge is -2.15. The zero-order valence-corrected chi connectivity index (χ0v) is 14.5. The van der Waals surface area contributed by atoms with E-state index in [2.05, 4.69) is 4.72 Å². The molecule has 0 unspecified atom stereocenters. The number of benzene rings is 2. The molecule has 1 atom stereocenters. The number of methoxy groups -OCH3 is 3. The summed E-state index contributed by atoms with van der Waals surface area (Å²) in [4.78, 5) is 0.584. The van der Waals surface area contributed by atoms with Crippen molar-refractivity contribution in [2.24, 2.45) is 0 Å². The predicted octanol–water partition coefficient (Wildman–Crippen LogP) is 2.83. The number of rotatable bonds is 7. The van der Waals surface area contributed by atoms with Crippen molar-refractivity contribution in [1.82, 2.24) is 4.72 Å². The van der Waals surface area contributed by atoms with Crippen molar-refractivity contribution in [3.8, 4) is 17.2 Å². The van der Waals surface area contributed by atoms with E-state index >= 15 is 0 Å². The Morgan fingerprint density at radius 3 is 2.30 bits per heavy atom. The summed E-state index contributed by atoms with van der Waals surface area (Å²) < 4.78 is 31.6. The van der Waals surface area contributed by atoms with Crippen LogP contribution in [-0.4, -0.2) is 25.5 Å². The molecule has 0 fully saturated rings. The Bertz CT molecular complexity index is 703. The van der Waals surface area contributed by atoms with E-state index in [0.717, 1.165) is 16.9 Å². The van der Waals surface area contributed by atoms with Crippen molar-refractivity contribution in [1.29, 1.82) is 0 Å². The average molecular weight is 335 g/mol.